The number of nitrogens with one attached hydrogen (secondary N) is 1. The highest BCUT2D eigenvalue weighted by Crippen LogP contribution is 2.20. The Bertz CT molecular complexity index is 593. The molecule has 0 aliphatic carbocycles. The Morgan fingerprint density at radius 1 is 0.895 bits per heavy atom. The van der Waals surface area contributed by atoms with Crippen molar-refractivity contribution in [3.63, 3.8) is 0 Å². The van der Waals surface area contributed by atoms with E-state index in [-0.39, 0.29) is 12.1 Å². The number of rotatable bonds is 3. The molecule has 2 nitrogen and oxygen atoms in total. The predicted octanol–water partition coefficient (Wildman–Crippen LogP) is 3.56. The van der Waals surface area contributed by atoms with E-state index in [9.17, 15) is 17.6 Å². The number of hydrogen-bond donors (Lipinski definition) is 2. The third-order valence-electron chi connectivity index (χ3n) is 2.49. The van der Waals surface area contributed by atoms with Crippen LogP contribution in [0.3, 0.4) is 0 Å². The molecule has 0 atom stereocenters. The van der Waals surface area contributed by atoms with Gasteiger partial charge in [0.2, 0.25) is 0 Å². The molecule has 0 saturated heterocycles. The molecule has 0 bridgehead atoms. The van der Waals surface area contributed by atoms with Gasteiger partial charge in [0.15, 0.2) is 29.0 Å². The Balaban J connectivity index is 2.12. The van der Waals surface area contributed by atoms with E-state index in [0.29, 0.717) is 5.69 Å². The zero-order valence-electron chi connectivity index (χ0n) is 9.55. The van der Waals surface area contributed by atoms with Crippen molar-refractivity contribution in [2.24, 2.45) is 0 Å². The molecule has 0 amide bonds. The zero-order valence-corrected chi connectivity index (χ0v) is 9.55. The molecule has 0 aromatic heterocycles. The number of phenolic OH excluding ortho intramolecular Hbond substituents is 1. The second-order valence-corrected chi connectivity index (χ2v) is 3.89. The summed E-state index contributed by atoms with van der Waals surface area (Å²) in [7, 11) is 0. The van der Waals surface area contributed by atoms with Gasteiger partial charge in [-0.3, -0.25) is 0 Å². The summed E-state index contributed by atoms with van der Waals surface area (Å²) >= 11 is 0. The maximum atomic E-state index is 13.0. The molecule has 0 saturated carbocycles. The standard InChI is InChI=1S/C13H9F4NO/c14-9-5-8(1-2-12(9)19)18-6-7-3-10(15)13(17)11(16)4-7/h1-5,18-19H,6H2. The molecule has 2 N–H and O–H groups in total. The summed E-state index contributed by atoms with van der Waals surface area (Å²) in [5.74, 6) is -5.41. The molecule has 0 aliphatic heterocycles. The van der Waals surface area contributed by atoms with Crippen LogP contribution in [0.4, 0.5) is 23.2 Å². The Morgan fingerprint density at radius 2 is 1.53 bits per heavy atom. The second kappa shape index (κ2) is 5.17. The lowest BCUT2D eigenvalue weighted by Crippen LogP contribution is -2.02. The van der Waals surface area contributed by atoms with Crippen molar-refractivity contribution in [2.75, 3.05) is 5.32 Å². The number of hydrogen-bond acceptors (Lipinski definition) is 2. The monoisotopic (exact) mass is 271 g/mol. The maximum Gasteiger partial charge on any atom is 0.194 e. The van der Waals surface area contributed by atoms with Crippen LogP contribution in [0.15, 0.2) is 30.3 Å². The fourth-order valence-electron chi connectivity index (χ4n) is 1.53. The molecule has 2 aromatic rings. The van der Waals surface area contributed by atoms with Crippen LogP contribution in [0, 0.1) is 23.3 Å². The first kappa shape index (κ1) is 13.2. The van der Waals surface area contributed by atoms with Gasteiger partial charge in [0.05, 0.1) is 0 Å². The lowest BCUT2D eigenvalue weighted by atomic mass is 10.2. The molecule has 19 heavy (non-hydrogen) atoms. The smallest absolute Gasteiger partial charge is 0.194 e. The fourth-order valence-corrected chi connectivity index (χ4v) is 1.53. The summed E-state index contributed by atoms with van der Waals surface area (Å²) in [5.41, 5.74) is 0.491. The first-order valence-electron chi connectivity index (χ1n) is 5.33. The molecule has 0 aliphatic rings. The molecule has 6 heteroatoms. The van der Waals surface area contributed by atoms with Gasteiger partial charge in [-0.2, -0.15) is 0 Å². The highest BCUT2D eigenvalue weighted by Gasteiger charge is 2.10. The number of aromatic hydroxyl groups is 1. The van der Waals surface area contributed by atoms with Crippen LogP contribution in [0.25, 0.3) is 0 Å². The van der Waals surface area contributed by atoms with Crippen LogP contribution in [-0.4, -0.2) is 5.11 Å². The minimum Gasteiger partial charge on any atom is -0.505 e. The summed E-state index contributed by atoms with van der Waals surface area (Å²) in [5, 5.41) is 11.7. The van der Waals surface area contributed by atoms with Crippen LogP contribution < -0.4 is 5.32 Å². The van der Waals surface area contributed by atoms with Gasteiger partial charge >= 0.3 is 0 Å². The average molecular weight is 271 g/mol. The van der Waals surface area contributed by atoms with Gasteiger partial charge < -0.3 is 10.4 Å². The van der Waals surface area contributed by atoms with Crippen LogP contribution in [0.5, 0.6) is 5.75 Å². The zero-order chi connectivity index (χ0) is 14.0. The lowest BCUT2D eigenvalue weighted by Gasteiger charge is -2.08. The number of benzene rings is 2. The summed E-state index contributed by atoms with van der Waals surface area (Å²) in [4.78, 5) is 0. The van der Waals surface area contributed by atoms with Crippen molar-refractivity contribution in [3.8, 4) is 5.75 Å². The predicted molar refractivity (Wildman–Crippen MR) is 61.7 cm³/mol. The van der Waals surface area contributed by atoms with Crippen LogP contribution in [0.2, 0.25) is 0 Å². The molecule has 2 rings (SSSR count). The van der Waals surface area contributed by atoms with E-state index in [1.54, 1.807) is 0 Å². The minimum absolute atomic E-state index is 0.0155. The summed E-state index contributed by atoms with van der Waals surface area (Å²) in [6, 6.07) is 5.27. The van der Waals surface area contributed by atoms with Crippen LogP contribution in [-0.2, 0) is 6.54 Å². The Kier molecular flexibility index (Phi) is 3.59. The lowest BCUT2D eigenvalue weighted by molar-refractivity contribution is 0.432. The van der Waals surface area contributed by atoms with Crippen molar-refractivity contribution < 1.29 is 22.7 Å². The molecule has 0 radical (unpaired) electrons. The van der Waals surface area contributed by atoms with E-state index in [0.717, 1.165) is 24.3 Å². The van der Waals surface area contributed by atoms with E-state index in [1.807, 2.05) is 0 Å². The Hall–Kier alpha value is -2.24. The number of halogens is 4. The summed E-state index contributed by atoms with van der Waals surface area (Å²) in [6.45, 7) is -0.0155. The van der Waals surface area contributed by atoms with Crippen molar-refractivity contribution in [2.45, 2.75) is 6.54 Å². The molecule has 2 aromatic carbocycles. The van der Waals surface area contributed by atoms with Gasteiger partial charge in [0.25, 0.3) is 0 Å². The highest BCUT2D eigenvalue weighted by atomic mass is 19.2. The van der Waals surface area contributed by atoms with Gasteiger partial charge in [-0.25, -0.2) is 17.6 Å². The summed E-state index contributed by atoms with van der Waals surface area (Å²) in [6.07, 6.45) is 0. The quantitative estimate of drug-likeness (QED) is 0.508. The fraction of sp³-hybridized carbons (Fsp3) is 0.0769. The van der Waals surface area contributed by atoms with Crippen molar-refractivity contribution in [3.05, 3.63) is 59.2 Å². The SMILES string of the molecule is Oc1ccc(NCc2cc(F)c(F)c(F)c2)cc1F. The Morgan fingerprint density at radius 3 is 2.11 bits per heavy atom. The first-order chi connectivity index (χ1) is 8.97. The maximum absolute atomic E-state index is 13.0. The van der Waals surface area contributed by atoms with E-state index in [4.69, 9.17) is 5.11 Å². The third kappa shape index (κ3) is 2.96. The molecule has 0 spiro atoms. The van der Waals surface area contributed by atoms with Crippen molar-refractivity contribution in [1.29, 1.82) is 0 Å². The van der Waals surface area contributed by atoms with Gasteiger partial charge in [-0.15, -0.1) is 0 Å². The molecule has 0 heterocycles. The van der Waals surface area contributed by atoms with Gasteiger partial charge in [-0.1, -0.05) is 0 Å². The van der Waals surface area contributed by atoms with E-state index < -0.39 is 29.0 Å². The van der Waals surface area contributed by atoms with Crippen molar-refractivity contribution in [1.82, 2.24) is 0 Å². The summed E-state index contributed by atoms with van der Waals surface area (Å²) < 4.78 is 51.6. The highest BCUT2D eigenvalue weighted by molar-refractivity contribution is 5.47. The Labute approximate surface area is 106 Å². The molecule has 100 valence electrons. The average Bonchev–Trinajstić information content (AvgIpc) is 2.37. The topological polar surface area (TPSA) is 32.3 Å². The molecular formula is C13H9F4NO. The normalized spacial score (nSPS) is 10.5. The third-order valence-corrected chi connectivity index (χ3v) is 2.49. The van der Waals surface area contributed by atoms with E-state index in [2.05, 4.69) is 5.32 Å². The van der Waals surface area contributed by atoms with Crippen LogP contribution >= 0.6 is 0 Å². The minimum atomic E-state index is -1.53. The molecule has 0 fully saturated rings. The van der Waals surface area contributed by atoms with Gasteiger partial charge in [0.1, 0.15) is 0 Å². The van der Waals surface area contributed by atoms with E-state index in [1.165, 1.54) is 6.07 Å². The number of anilines is 1. The first-order valence-corrected chi connectivity index (χ1v) is 5.33. The van der Waals surface area contributed by atoms with E-state index >= 15 is 0 Å². The largest absolute Gasteiger partial charge is 0.505 e. The van der Waals surface area contributed by atoms with Gasteiger partial charge in [-0.05, 0) is 29.8 Å². The molecular weight excluding hydrogens is 262 g/mol. The van der Waals surface area contributed by atoms with Crippen molar-refractivity contribution >= 4 is 5.69 Å². The molecule has 0 unspecified atom stereocenters. The van der Waals surface area contributed by atoms with Crippen LogP contribution in [0.1, 0.15) is 5.56 Å². The second-order valence-electron chi connectivity index (χ2n) is 3.89. The van der Waals surface area contributed by atoms with Gasteiger partial charge in [0, 0.05) is 18.3 Å². The number of phenols is 1.